The van der Waals surface area contributed by atoms with Crippen LogP contribution in [0.3, 0.4) is 0 Å². The maximum Gasteiger partial charge on any atom is 0.272 e. The Morgan fingerprint density at radius 3 is 3.09 bits per heavy atom. The molecule has 8 heteroatoms. The molecule has 2 aromatic rings. The molecule has 0 saturated carbocycles. The predicted molar refractivity (Wildman–Crippen MR) is 74.6 cm³/mol. The van der Waals surface area contributed by atoms with E-state index >= 15 is 0 Å². The lowest BCUT2D eigenvalue weighted by Crippen LogP contribution is -2.42. The fourth-order valence-corrected chi connectivity index (χ4v) is 2.27. The van der Waals surface area contributed by atoms with Gasteiger partial charge in [-0.3, -0.25) is 9.89 Å². The minimum atomic E-state index is -0.468. The number of amides is 1. The van der Waals surface area contributed by atoms with E-state index in [0.29, 0.717) is 25.5 Å². The van der Waals surface area contributed by atoms with E-state index in [1.165, 1.54) is 12.1 Å². The van der Waals surface area contributed by atoms with Gasteiger partial charge in [0, 0.05) is 13.0 Å². The largest absolute Gasteiger partial charge is 0.366 e. The molecule has 1 unspecified atom stereocenters. The predicted octanol–water partition coefficient (Wildman–Crippen LogP) is 1.11. The van der Waals surface area contributed by atoms with E-state index in [4.69, 9.17) is 4.74 Å². The highest BCUT2D eigenvalue weighted by atomic mass is 19.1. The summed E-state index contributed by atoms with van der Waals surface area (Å²) < 4.78 is 18.5. The second-order valence-corrected chi connectivity index (χ2v) is 4.97. The first-order valence-electron chi connectivity index (χ1n) is 7.11. The molecule has 1 amide bonds. The number of carbonyl (C=O) groups excluding carboxylic acids is 1. The first-order chi connectivity index (χ1) is 10.7. The van der Waals surface area contributed by atoms with Crippen molar-refractivity contribution in [1.29, 1.82) is 0 Å². The van der Waals surface area contributed by atoms with Crippen molar-refractivity contribution in [1.82, 2.24) is 25.1 Å². The Morgan fingerprint density at radius 2 is 2.41 bits per heavy atom. The van der Waals surface area contributed by atoms with Crippen molar-refractivity contribution in [3.8, 4) is 0 Å². The summed E-state index contributed by atoms with van der Waals surface area (Å²) in [5.41, 5.74) is 0.214. The van der Waals surface area contributed by atoms with E-state index in [-0.39, 0.29) is 17.7 Å². The van der Waals surface area contributed by atoms with Crippen molar-refractivity contribution in [2.45, 2.75) is 19.4 Å². The van der Waals surface area contributed by atoms with Gasteiger partial charge < -0.3 is 9.64 Å². The molecular formula is C14H16FN5O2. The standard InChI is InChI=1S/C14H16FN5O2/c1-2-12-17-13(19-18-12)11-8-20(5-6-22-11)14(21)10-4-3-9(15)7-16-10/h3-4,7,11H,2,5-6,8H2,1H3,(H,17,18,19). The highest BCUT2D eigenvalue weighted by Gasteiger charge is 2.29. The Morgan fingerprint density at radius 1 is 1.55 bits per heavy atom. The molecule has 0 radical (unpaired) electrons. The number of rotatable bonds is 3. The van der Waals surface area contributed by atoms with Crippen molar-refractivity contribution in [3.05, 3.63) is 41.5 Å². The third-order valence-corrected chi connectivity index (χ3v) is 3.47. The van der Waals surface area contributed by atoms with Crippen LogP contribution in [0.5, 0.6) is 0 Å². The molecule has 1 atom stereocenters. The van der Waals surface area contributed by atoms with Gasteiger partial charge in [0.05, 0.1) is 19.3 Å². The molecule has 1 aliphatic heterocycles. The number of hydrogen-bond acceptors (Lipinski definition) is 5. The van der Waals surface area contributed by atoms with E-state index in [1.54, 1.807) is 4.90 Å². The molecule has 0 bridgehead atoms. The van der Waals surface area contributed by atoms with Gasteiger partial charge in [0.25, 0.3) is 5.91 Å². The molecule has 3 heterocycles. The quantitative estimate of drug-likeness (QED) is 0.918. The third-order valence-electron chi connectivity index (χ3n) is 3.47. The molecular weight excluding hydrogens is 289 g/mol. The fraction of sp³-hybridized carbons (Fsp3) is 0.429. The first kappa shape index (κ1) is 14.6. The van der Waals surface area contributed by atoms with Crippen molar-refractivity contribution in [3.63, 3.8) is 0 Å². The van der Waals surface area contributed by atoms with Crippen LogP contribution in [0.4, 0.5) is 4.39 Å². The molecule has 2 aromatic heterocycles. The van der Waals surface area contributed by atoms with E-state index in [9.17, 15) is 9.18 Å². The molecule has 116 valence electrons. The van der Waals surface area contributed by atoms with Gasteiger partial charge in [-0.25, -0.2) is 14.4 Å². The molecule has 1 N–H and O–H groups in total. The van der Waals surface area contributed by atoms with Crippen LogP contribution in [0.15, 0.2) is 18.3 Å². The van der Waals surface area contributed by atoms with Gasteiger partial charge in [-0.2, -0.15) is 5.10 Å². The maximum atomic E-state index is 12.9. The van der Waals surface area contributed by atoms with Crippen molar-refractivity contribution in [2.75, 3.05) is 19.7 Å². The minimum Gasteiger partial charge on any atom is -0.366 e. The molecule has 0 aromatic carbocycles. The summed E-state index contributed by atoms with van der Waals surface area (Å²) in [6, 6.07) is 2.60. The number of nitrogens with zero attached hydrogens (tertiary/aromatic N) is 4. The number of halogens is 1. The van der Waals surface area contributed by atoms with Gasteiger partial charge in [0.1, 0.15) is 23.4 Å². The van der Waals surface area contributed by atoms with Crippen LogP contribution in [0.2, 0.25) is 0 Å². The number of morpholine rings is 1. The lowest BCUT2D eigenvalue weighted by molar-refractivity contribution is -0.0268. The van der Waals surface area contributed by atoms with E-state index < -0.39 is 5.82 Å². The van der Waals surface area contributed by atoms with Crippen LogP contribution in [-0.4, -0.2) is 50.7 Å². The minimum absolute atomic E-state index is 0.214. The smallest absolute Gasteiger partial charge is 0.272 e. The van der Waals surface area contributed by atoms with Crippen molar-refractivity contribution < 1.29 is 13.9 Å². The lowest BCUT2D eigenvalue weighted by Gasteiger charge is -2.31. The fourth-order valence-electron chi connectivity index (χ4n) is 2.27. The summed E-state index contributed by atoms with van der Waals surface area (Å²) in [6.07, 6.45) is 1.42. The SMILES string of the molecule is CCc1nc(C2CN(C(=O)c3ccc(F)cn3)CCO2)n[nH]1. The Kier molecular flexibility index (Phi) is 4.10. The second kappa shape index (κ2) is 6.18. The molecule has 22 heavy (non-hydrogen) atoms. The number of aromatic amines is 1. The van der Waals surface area contributed by atoms with Gasteiger partial charge in [-0.05, 0) is 12.1 Å². The van der Waals surface area contributed by atoms with Gasteiger partial charge in [0.2, 0.25) is 0 Å². The van der Waals surface area contributed by atoms with Crippen molar-refractivity contribution in [2.24, 2.45) is 0 Å². The normalized spacial score (nSPS) is 18.5. The Labute approximate surface area is 126 Å². The summed E-state index contributed by atoms with van der Waals surface area (Å²) in [5.74, 6) is 0.604. The van der Waals surface area contributed by atoms with Crippen LogP contribution in [0.25, 0.3) is 0 Å². The number of nitrogens with one attached hydrogen (secondary N) is 1. The number of ether oxygens (including phenoxy) is 1. The molecule has 7 nitrogen and oxygen atoms in total. The average molecular weight is 305 g/mol. The second-order valence-electron chi connectivity index (χ2n) is 4.97. The Hall–Kier alpha value is -2.35. The zero-order valence-corrected chi connectivity index (χ0v) is 12.1. The summed E-state index contributed by atoms with van der Waals surface area (Å²) in [4.78, 5) is 22.2. The summed E-state index contributed by atoms with van der Waals surface area (Å²) >= 11 is 0. The van der Waals surface area contributed by atoms with Crippen LogP contribution in [-0.2, 0) is 11.2 Å². The summed E-state index contributed by atoms with van der Waals surface area (Å²) in [6.45, 7) is 3.17. The van der Waals surface area contributed by atoms with Crippen LogP contribution < -0.4 is 0 Å². The topological polar surface area (TPSA) is 84.0 Å². The Balaban J connectivity index is 1.72. The highest BCUT2D eigenvalue weighted by Crippen LogP contribution is 2.20. The van der Waals surface area contributed by atoms with Gasteiger partial charge >= 0.3 is 0 Å². The average Bonchev–Trinajstić information content (AvgIpc) is 3.04. The van der Waals surface area contributed by atoms with Crippen molar-refractivity contribution >= 4 is 5.91 Å². The van der Waals surface area contributed by atoms with Gasteiger partial charge in [-0.1, -0.05) is 6.92 Å². The van der Waals surface area contributed by atoms with Gasteiger partial charge in [-0.15, -0.1) is 0 Å². The van der Waals surface area contributed by atoms with Crippen LogP contribution in [0, 0.1) is 5.82 Å². The summed E-state index contributed by atoms with van der Waals surface area (Å²) in [7, 11) is 0. The first-order valence-corrected chi connectivity index (χ1v) is 7.11. The number of hydrogen-bond donors (Lipinski definition) is 1. The molecule has 0 spiro atoms. The molecule has 3 rings (SSSR count). The van der Waals surface area contributed by atoms with E-state index in [2.05, 4.69) is 20.2 Å². The highest BCUT2D eigenvalue weighted by molar-refractivity contribution is 5.92. The number of carbonyl (C=O) groups is 1. The molecule has 1 fully saturated rings. The third kappa shape index (κ3) is 2.96. The lowest BCUT2D eigenvalue weighted by atomic mass is 10.2. The maximum absolute atomic E-state index is 12.9. The number of aromatic nitrogens is 4. The number of pyridine rings is 1. The monoisotopic (exact) mass is 305 g/mol. The van der Waals surface area contributed by atoms with Crippen LogP contribution in [0.1, 0.15) is 35.2 Å². The number of H-pyrrole nitrogens is 1. The molecule has 0 aliphatic carbocycles. The molecule has 1 aliphatic rings. The Bertz CT molecular complexity index is 658. The zero-order chi connectivity index (χ0) is 15.5. The zero-order valence-electron chi connectivity index (χ0n) is 12.1. The van der Waals surface area contributed by atoms with E-state index in [1.807, 2.05) is 6.92 Å². The summed E-state index contributed by atoms with van der Waals surface area (Å²) in [5, 5.41) is 6.96. The van der Waals surface area contributed by atoms with E-state index in [0.717, 1.165) is 18.4 Å². The number of aryl methyl sites for hydroxylation is 1. The van der Waals surface area contributed by atoms with Crippen LogP contribution >= 0.6 is 0 Å². The van der Waals surface area contributed by atoms with Gasteiger partial charge in [0.15, 0.2) is 5.82 Å². The molecule has 1 saturated heterocycles.